The molecule has 0 amide bonds. The summed E-state index contributed by atoms with van der Waals surface area (Å²) in [4.78, 5) is 9.95. The van der Waals surface area contributed by atoms with Crippen LogP contribution < -0.4 is 14.5 Å². The van der Waals surface area contributed by atoms with E-state index in [9.17, 15) is 8.42 Å². The maximum Gasteiger partial charge on any atom is 0.247 e. The highest BCUT2D eigenvalue weighted by atomic mass is 35.5. The number of hydrogen-bond acceptors (Lipinski definition) is 7. The molecule has 0 bridgehead atoms. The summed E-state index contributed by atoms with van der Waals surface area (Å²) < 4.78 is 32.6. The molecule has 1 aromatic heterocycles. The second kappa shape index (κ2) is 10.8. The highest BCUT2D eigenvalue weighted by molar-refractivity contribution is 7.92. The lowest BCUT2D eigenvalue weighted by molar-refractivity contribution is 0.405. The molecule has 1 N–H and O–H groups in total. The second-order valence-corrected chi connectivity index (χ2v) is 11.9. The molecular weight excluding hydrogens is 558 g/mol. The van der Waals surface area contributed by atoms with Crippen molar-refractivity contribution in [3.63, 3.8) is 0 Å². The number of nitrogens with one attached hydrogen (secondary N) is 1. The Morgan fingerprint density at radius 1 is 0.927 bits per heavy atom. The van der Waals surface area contributed by atoms with Crippen molar-refractivity contribution in [3.05, 3.63) is 113 Å². The van der Waals surface area contributed by atoms with E-state index in [2.05, 4.69) is 4.72 Å². The van der Waals surface area contributed by atoms with Gasteiger partial charge in [0, 0.05) is 33.5 Å². The summed E-state index contributed by atoms with van der Waals surface area (Å²) in [6.45, 7) is 0. The highest BCUT2D eigenvalue weighted by Crippen LogP contribution is 2.41. The van der Waals surface area contributed by atoms with E-state index in [4.69, 9.17) is 31.4 Å². The molecule has 1 aliphatic rings. The van der Waals surface area contributed by atoms with Crippen LogP contribution in [-0.4, -0.2) is 37.5 Å². The molecule has 0 unspecified atom stereocenters. The molecule has 0 aliphatic carbocycles. The third-order valence-corrected chi connectivity index (χ3v) is 7.67. The van der Waals surface area contributed by atoms with Gasteiger partial charge in [-0.2, -0.15) is 5.10 Å². The molecule has 0 spiro atoms. The lowest BCUT2D eigenvalue weighted by Gasteiger charge is -2.24. The largest absolute Gasteiger partial charge is 0.496 e. The van der Waals surface area contributed by atoms with Crippen molar-refractivity contribution in [1.29, 1.82) is 0 Å². The molecule has 1 aliphatic heterocycles. The third-order valence-electron chi connectivity index (χ3n) is 6.84. The fourth-order valence-electron chi connectivity index (χ4n) is 5.07. The topological polar surface area (TPSA) is 96.8 Å². The third kappa shape index (κ3) is 5.46. The minimum Gasteiger partial charge on any atom is -0.496 e. The summed E-state index contributed by atoms with van der Waals surface area (Å²) in [5, 5.41) is 8.23. The van der Waals surface area contributed by atoms with Crippen LogP contribution in [0.2, 0.25) is 5.02 Å². The van der Waals surface area contributed by atoms with Crippen LogP contribution in [0.25, 0.3) is 22.2 Å². The quantitative estimate of drug-likeness (QED) is 0.229. The summed E-state index contributed by atoms with van der Waals surface area (Å²) in [6.07, 6.45) is 1.59. The Labute approximate surface area is 243 Å². The van der Waals surface area contributed by atoms with E-state index in [0.29, 0.717) is 40.1 Å². The standard InChI is InChI=1S/C31H26ClN5O3S/c1-40-29-15-9-7-13-23(29)28-19-27(22-12-6-8-14-26(22)36-41(2,38)39)35-37(28)31-33-25-17-16-21(32)18-24(25)30(34-31)20-10-4-3-5-11-20/h3-18,28,36H,19H2,1-2H3/t28-/m0/s1. The molecule has 206 valence electrons. The number of hydrazone groups is 1. The zero-order valence-corrected chi connectivity index (χ0v) is 23.9. The van der Waals surface area contributed by atoms with Gasteiger partial charge in [0.2, 0.25) is 16.0 Å². The Hall–Kier alpha value is -4.47. The van der Waals surface area contributed by atoms with Gasteiger partial charge in [-0.3, -0.25) is 4.72 Å². The molecule has 41 heavy (non-hydrogen) atoms. The summed E-state index contributed by atoms with van der Waals surface area (Å²) >= 11 is 6.38. The molecule has 8 nitrogen and oxygen atoms in total. The van der Waals surface area contributed by atoms with Crippen molar-refractivity contribution < 1.29 is 13.2 Å². The van der Waals surface area contributed by atoms with Crippen LogP contribution in [0.15, 0.2) is 102 Å². The Bertz CT molecular complexity index is 1900. The number of benzene rings is 4. The predicted molar refractivity (Wildman–Crippen MR) is 164 cm³/mol. The van der Waals surface area contributed by atoms with E-state index in [-0.39, 0.29) is 6.04 Å². The minimum atomic E-state index is -3.51. The molecular formula is C31H26ClN5O3S. The molecule has 0 saturated carbocycles. The fourth-order valence-corrected chi connectivity index (χ4v) is 5.82. The summed E-state index contributed by atoms with van der Waals surface area (Å²) in [6, 6.07) is 30.1. The van der Waals surface area contributed by atoms with Crippen molar-refractivity contribution in [2.75, 3.05) is 23.1 Å². The molecule has 0 fully saturated rings. The van der Waals surface area contributed by atoms with Crippen LogP contribution in [0.4, 0.5) is 11.6 Å². The summed E-state index contributed by atoms with van der Waals surface area (Å²) in [7, 11) is -1.88. The van der Waals surface area contributed by atoms with Crippen LogP contribution in [0.3, 0.4) is 0 Å². The Morgan fingerprint density at radius 2 is 1.66 bits per heavy atom. The molecule has 10 heteroatoms. The van der Waals surface area contributed by atoms with Gasteiger partial charge >= 0.3 is 0 Å². The first-order valence-corrected chi connectivity index (χ1v) is 15.2. The van der Waals surface area contributed by atoms with Gasteiger partial charge < -0.3 is 4.74 Å². The Kier molecular flexibility index (Phi) is 7.07. The zero-order valence-electron chi connectivity index (χ0n) is 22.3. The van der Waals surface area contributed by atoms with Crippen molar-refractivity contribution in [2.24, 2.45) is 5.10 Å². The molecule has 0 radical (unpaired) electrons. The normalized spacial score (nSPS) is 15.1. The lowest BCUT2D eigenvalue weighted by atomic mass is 9.97. The van der Waals surface area contributed by atoms with Crippen LogP contribution in [-0.2, 0) is 10.0 Å². The number of fused-ring (bicyclic) bond motifs is 1. The van der Waals surface area contributed by atoms with Crippen molar-refractivity contribution in [1.82, 2.24) is 9.97 Å². The van der Waals surface area contributed by atoms with Gasteiger partial charge in [0.15, 0.2) is 0 Å². The smallest absolute Gasteiger partial charge is 0.247 e. The first kappa shape index (κ1) is 26.7. The van der Waals surface area contributed by atoms with Crippen molar-refractivity contribution >= 4 is 49.9 Å². The zero-order chi connectivity index (χ0) is 28.6. The average Bonchev–Trinajstić information content (AvgIpc) is 3.41. The Balaban J connectivity index is 1.56. The van der Waals surface area contributed by atoms with E-state index in [0.717, 1.165) is 34.0 Å². The number of methoxy groups -OCH3 is 1. The van der Waals surface area contributed by atoms with Gasteiger partial charge in [-0.05, 0) is 30.3 Å². The molecule has 5 aromatic rings. The molecule has 4 aromatic carbocycles. The monoisotopic (exact) mass is 583 g/mol. The van der Waals surface area contributed by atoms with E-state index >= 15 is 0 Å². The number of halogens is 1. The van der Waals surface area contributed by atoms with Crippen molar-refractivity contribution in [2.45, 2.75) is 12.5 Å². The fraction of sp³-hybridized carbons (Fsp3) is 0.129. The number of ether oxygens (including phenoxy) is 1. The number of aromatic nitrogens is 2. The van der Waals surface area contributed by atoms with E-state index in [1.54, 1.807) is 30.3 Å². The molecule has 6 rings (SSSR count). The first-order chi connectivity index (χ1) is 19.8. The number of nitrogens with zero attached hydrogens (tertiary/aromatic N) is 4. The van der Waals surface area contributed by atoms with Crippen LogP contribution in [0.1, 0.15) is 23.6 Å². The molecule has 2 heterocycles. The van der Waals surface area contributed by atoms with Gasteiger partial charge in [-0.25, -0.2) is 23.4 Å². The van der Waals surface area contributed by atoms with E-state index < -0.39 is 10.0 Å². The number of rotatable bonds is 7. The van der Waals surface area contributed by atoms with Gasteiger partial charge in [-0.1, -0.05) is 78.3 Å². The van der Waals surface area contributed by atoms with Crippen LogP contribution in [0, 0.1) is 0 Å². The second-order valence-electron chi connectivity index (χ2n) is 9.67. The minimum absolute atomic E-state index is 0.319. The first-order valence-electron chi connectivity index (χ1n) is 12.9. The van der Waals surface area contributed by atoms with Crippen molar-refractivity contribution in [3.8, 4) is 17.0 Å². The number of hydrogen-bond donors (Lipinski definition) is 1. The summed E-state index contributed by atoms with van der Waals surface area (Å²) in [5.41, 5.74) is 5.10. The van der Waals surface area contributed by atoms with Crippen LogP contribution >= 0.6 is 11.6 Å². The molecule has 0 saturated heterocycles. The maximum absolute atomic E-state index is 12.1. The predicted octanol–water partition coefficient (Wildman–Crippen LogP) is 6.69. The van der Waals surface area contributed by atoms with E-state index in [1.807, 2.05) is 78.9 Å². The molecule has 1 atom stereocenters. The SMILES string of the molecule is COc1ccccc1[C@@H]1CC(c2ccccc2NS(C)(=O)=O)=NN1c1nc(-c2ccccc2)c2cc(Cl)ccc2n1. The van der Waals surface area contributed by atoms with Gasteiger partial charge in [-0.15, -0.1) is 0 Å². The van der Waals surface area contributed by atoms with Gasteiger partial charge in [0.1, 0.15) is 5.75 Å². The maximum atomic E-state index is 12.1. The number of para-hydroxylation sites is 2. The van der Waals surface area contributed by atoms with E-state index in [1.165, 1.54) is 0 Å². The Morgan fingerprint density at radius 3 is 2.44 bits per heavy atom. The highest BCUT2D eigenvalue weighted by Gasteiger charge is 2.35. The number of sulfonamides is 1. The van der Waals surface area contributed by atoms with Crippen LogP contribution in [0.5, 0.6) is 5.75 Å². The number of anilines is 2. The summed E-state index contributed by atoms with van der Waals surface area (Å²) in [5.74, 6) is 1.11. The van der Waals surface area contributed by atoms with Gasteiger partial charge in [0.25, 0.3) is 0 Å². The van der Waals surface area contributed by atoms with Gasteiger partial charge in [0.05, 0.1) is 42.0 Å². The lowest BCUT2D eigenvalue weighted by Crippen LogP contribution is -2.21. The average molecular weight is 584 g/mol.